The number of aromatic nitrogens is 2. The molecule has 0 saturated heterocycles. The van der Waals surface area contributed by atoms with Crippen LogP contribution in [0.25, 0.3) is 82.1 Å². The van der Waals surface area contributed by atoms with E-state index in [1.165, 1.54) is 0 Å². The average Bonchev–Trinajstić information content (AvgIpc) is 3.70. The quantitative estimate of drug-likeness (QED) is 0.181. The summed E-state index contributed by atoms with van der Waals surface area (Å²) in [4.78, 5) is 3.92. The Morgan fingerprint density at radius 2 is 1.02 bits per heavy atom. The lowest BCUT2D eigenvalue weighted by atomic mass is 9.91. The third-order valence-electron chi connectivity index (χ3n) is 9.57. The average molecular weight is 636 g/mol. The molecule has 0 saturated carbocycles. The number of benzene rings is 7. The van der Waals surface area contributed by atoms with Crippen molar-refractivity contribution >= 4 is 49.3 Å². The minimum atomic E-state index is 0.511. The van der Waals surface area contributed by atoms with Crippen molar-refractivity contribution in [1.82, 2.24) is 9.13 Å². The zero-order chi connectivity index (χ0) is 33.8. The van der Waals surface area contributed by atoms with Gasteiger partial charge in [-0.2, -0.15) is 10.5 Å². The van der Waals surface area contributed by atoms with Crippen LogP contribution in [-0.2, 0) is 0 Å². The summed E-state index contributed by atoms with van der Waals surface area (Å²) in [5.74, 6) is 0. The molecule has 5 heteroatoms. The lowest BCUT2D eigenvalue weighted by Gasteiger charge is -2.18. The van der Waals surface area contributed by atoms with E-state index in [9.17, 15) is 10.5 Å². The fraction of sp³-hybridized carbons (Fsp3) is 0. The first-order valence-electron chi connectivity index (χ1n) is 16.3. The van der Waals surface area contributed by atoms with Gasteiger partial charge in [-0.25, -0.2) is 4.85 Å². The van der Waals surface area contributed by atoms with Gasteiger partial charge in [0.25, 0.3) is 0 Å². The molecule has 0 N–H and O–H groups in total. The van der Waals surface area contributed by atoms with Crippen molar-refractivity contribution < 1.29 is 0 Å². The third kappa shape index (κ3) is 4.38. The molecule has 50 heavy (non-hydrogen) atoms. The fourth-order valence-corrected chi connectivity index (χ4v) is 7.43. The van der Waals surface area contributed by atoms with E-state index in [4.69, 9.17) is 6.57 Å². The van der Waals surface area contributed by atoms with Gasteiger partial charge in [-0.1, -0.05) is 78.9 Å². The van der Waals surface area contributed by atoms with Crippen LogP contribution in [0.4, 0.5) is 5.69 Å². The number of fused-ring (bicyclic) bond motifs is 6. The highest BCUT2D eigenvalue weighted by atomic mass is 15.0. The molecule has 0 amide bonds. The summed E-state index contributed by atoms with van der Waals surface area (Å²) in [7, 11) is 0. The summed E-state index contributed by atoms with van der Waals surface area (Å²) in [6.07, 6.45) is 0. The van der Waals surface area contributed by atoms with Gasteiger partial charge in [-0.05, 0) is 89.5 Å². The molecule has 0 atom stereocenters. The number of hydrogen-bond donors (Lipinski definition) is 0. The molecule has 230 valence electrons. The zero-order valence-corrected chi connectivity index (χ0v) is 26.7. The van der Waals surface area contributed by atoms with Crippen molar-refractivity contribution in [3.05, 3.63) is 174 Å². The summed E-state index contributed by atoms with van der Waals surface area (Å²) in [5.41, 5.74) is 11.3. The van der Waals surface area contributed by atoms with Gasteiger partial charge in [0.2, 0.25) is 0 Å². The molecular formula is C45H25N5. The van der Waals surface area contributed by atoms with Crippen molar-refractivity contribution in [2.45, 2.75) is 0 Å². The molecule has 0 bridgehead atoms. The van der Waals surface area contributed by atoms with Crippen LogP contribution < -0.4 is 0 Å². The molecule has 0 spiro atoms. The van der Waals surface area contributed by atoms with Gasteiger partial charge in [0.1, 0.15) is 0 Å². The van der Waals surface area contributed by atoms with E-state index in [1.807, 2.05) is 84.9 Å². The molecule has 2 aromatic heterocycles. The molecule has 0 aliphatic heterocycles. The van der Waals surface area contributed by atoms with E-state index < -0.39 is 0 Å². The van der Waals surface area contributed by atoms with Crippen molar-refractivity contribution in [3.63, 3.8) is 0 Å². The molecule has 0 aliphatic rings. The van der Waals surface area contributed by atoms with E-state index >= 15 is 0 Å². The molecule has 2 heterocycles. The van der Waals surface area contributed by atoms with Crippen molar-refractivity contribution in [2.75, 3.05) is 0 Å². The van der Waals surface area contributed by atoms with E-state index in [-0.39, 0.29) is 0 Å². The third-order valence-corrected chi connectivity index (χ3v) is 9.57. The summed E-state index contributed by atoms with van der Waals surface area (Å²) in [5, 5.41) is 24.1. The molecule has 9 aromatic rings. The number of nitriles is 2. The number of rotatable bonds is 4. The highest BCUT2D eigenvalue weighted by Crippen LogP contribution is 2.42. The summed E-state index contributed by atoms with van der Waals surface area (Å²) in [6, 6.07) is 55.4. The molecule has 7 aromatic carbocycles. The normalized spacial score (nSPS) is 11.1. The number of hydrogen-bond acceptors (Lipinski definition) is 2. The van der Waals surface area contributed by atoms with Crippen LogP contribution in [0, 0.1) is 29.2 Å². The second kappa shape index (κ2) is 11.4. The molecular weight excluding hydrogens is 611 g/mol. The van der Waals surface area contributed by atoms with Crippen LogP contribution >= 0.6 is 0 Å². The molecule has 0 aliphatic carbocycles. The highest BCUT2D eigenvalue weighted by Gasteiger charge is 2.20. The smallest absolute Gasteiger partial charge is 0.189 e. The van der Waals surface area contributed by atoms with E-state index in [2.05, 4.69) is 92.8 Å². The van der Waals surface area contributed by atoms with Gasteiger partial charge in [0.05, 0.1) is 57.6 Å². The van der Waals surface area contributed by atoms with Crippen LogP contribution in [0.15, 0.2) is 152 Å². The second-order valence-corrected chi connectivity index (χ2v) is 12.3. The maximum atomic E-state index is 10.1. The first-order valence-corrected chi connectivity index (χ1v) is 16.3. The summed E-state index contributed by atoms with van der Waals surface area (Å²) in [6.45, 7) is 8.10. The van der Waals surface area contributed by atoms with Crippen LogP contribution in [0.1, 0.15) is 11.1 Å². The Balaban J connectivity index is 1.32. The van der Waals surface area contributed by atoms with E-state index in [0.29, 0.717) is 16.8 Å². The van der Waals surface area contributed by atoms with Crippen LogP contribution in [0.2, 0.25) is 0 Å². The molecule has 0 radical (unpaired) electrons. The van der Waals surface area contributed by atoms with Crippen molar-refractivity contribution in [1.29, 1.82) is 10.5 Å². The minimum Gasteiger partial charge on any atom is -0.310 e. The Bertz CT molecular complexity index is 2920. The number of nitrogens with zero attached hydrogens (tertiary/aromatic N) is 5. The zero-order valence-electron chi connectivity index (χ0n) is 26.7. The maximum absolute atomic E-state index is 10.1. The van der Waals surface area contributed by atoms with E-state index in [0.717, 1.165) is 77.2 Å². The van der Waals surface area contributed by atoms with Gasteiger partial charge >= 0.3 is 0 Å². The minimum absolute atomic E-state index is 0.511. The maximum Gasteiger partial charge on any atom is 0.189 e. The second-order valence-electron chi connectivity index (χ2n) is 12.3. The van der Waals surface area contributed by atoms with Gasteiger partial charge in [-0.15, -0.1) is 0 Å². The first-order chi connectivity index (χ1) is 24.7. The van der Waals surface area contributed by atoms with Gasteiger partial charge in [0, 0.05) is 32.8 Å². The Kier molecular flexibility index (Phi) is 6.56. The van der Waals surface area contributed by atoms with Crippen molar-refractivity contribution in [3.8, 4) is 45.8 Å². The number of para-hydroxylation sites is 4. The van der Waals surface area contributed by atoms with Crippen LogP contribution in [0.5, 0.6) is 0 Å². The Labute approximate surface area is 288 Å². The van der Waals surface area contributed by atoms with E-state index in [1.54, 1.807) is 0 Å². The fourth-order valence-electron chi connectivity index (χ4n) is 7.43. The predicted molar refractivity (Wildman–Crippen MR) is 202 cm³/mol. The topological polar surface area (TPSA) is 61.8 Å². The van der Waals surface area contributed by atoms with Crippen LogP contribution in [-0.4, -0.2) is 9.13 Å². The first kappa shape index (κ1) is 28.8. The largest absolute Gasteiger partial charge is 0.310 e. The highest BCUT2D eigenvalue weighted by molar-refractivity contribution is 6.11. The molecule has 5 nitrogen and oxygen atoms in total. The van der Waals surface area contributed by atoms with Gasteiger partial charge < -0.3 is 9.13 Å². The van der Waals surface area contributed by atoms with Crippen LogP contribution in [0.3, 0.4) is 0 Å². The molecule has 9 rings (SSSR count). The predicted octanol–water partition coefficient (Wildman–Crippen LogP) is 11.5. The SMILES string of the molecule is [C-]#[N+]c1cc(-c2cc(C#N)ccc2-c2ccccc2-n2c3ccccc3c3cc(C#N)ccc32)cc(-n2c3ccccc3c3ccccc32)c1. The Hall–Kier alpha value is -7.39. The molecule has 0 fully saturated rings. The Morgan fingerprint density at radius 1 is 0.460 bits per heavy atom. The van der Waals surface area contributed by atoms with Gasteiger partial charge in [-0.3, -0.25) is 0 Å². The monoisotopic (exact) mass is 635 g/mol. The summed E-state index contributed by atoms with van der Waals surface area (Å²) < 4.78 is 4.47. The lowest BCUT2D eigenvalue weighted by molar-refractivity contribution is 1.18. The molecule has 0 unspecified atom stereocenters. The van der Waals surface area contributed by atoms with Gasteiger partial charge in [0.15, 0.2) is 5.69 Å². The Morgan fingerprint density at radius 3 is 1.70 bits per heavy atom. The summed E-state index contributed by atoms with van der Waals surface area (Å²) >= 11 is 0. The van der Waals surface area contributed by atoms with Crippen molar-refractivity contribution in [2.24, 2.45) is 0 Å². The standard InChI is InChI=1S/C45H25N5/c1-48-32-24-31(25-33(26-32)49-41-14-6-3-11-36(41)37-12-4-7-15-42(37)49)39-22-29(27-46)18-20-34(39)35-10-2-8-16-43(35)50-44-17-9-5-13-38(44)40-23-30(28-47)19-21-45(40)50/h2-26H. The lowest BCUT2D eigenvalue weighted by Crippen LogP contribution is -1.99.